The summed E-state index contributed by atoms with van der Waals surface area (Å²) in [5.74, 6) is 1.27. The zero-order chi connectivity index (χ0) is 8.39. The van der Waals surface area contributed by atoms with Gasteiger partial charge in [-0.3, -0.25) is 0 Å². The molecule has 1 fully saturated rings. The predicted octanol–water partition coefficient (Wildman–Crippen LogP) is 2.77. The Bertz CT molecular complexity index is 255. The molecule has 1 saturated carbocycles. The van der Waals surface area contributed by atoms with Crippen molar-refractivity contribution < 1.29 is 4.52 Å². The fourth-order valence-electron chi connectivity index (χ4n) is 1.74. The molecule has 0 unspecified atom stereocenters. The van der Waals surface area contributed by atoms with Crippen molar-refractivity contribution in [3.8, 4) is 0 Å². The van der Waals surface area contributed by atoms with E-state index in [-0.39, 0.29) is 5.35 Å². The molecule has 0 bridgehead atoms. The summed E-state index contributed by atoms with van der Waals surface area (Å²) in [6, 6.07) is 0. The Morgan fingerprint density at radius 2 is 2.00 bits per heavy atom. The predicted molar refractivity (Wildman–Crippen MR) is 45.1 cm³/mol. The molecule has 66 valence electrons. The van der Waals surface area contributed by atoms with Gasteiger partial charge in [-0.2, -0.15) is 4.98 Å². The molecule has 1 aromatic heterocycles. The Kier molecular flexibility index (Phi) is 2.30. The van der Waals surface area contributed by atoms with Gasteiger partial charge in [-0.25, -0.2) is 0 Å². The summed E-state index contributed by atoms with van der Waals surface area (Å²) >= 11 is 5.54. The van der Waals surface area contributed by atoms with Crippen LogP contribution in [0.4, 0.5) is 0 Å². The SMILES string of the molecule is Clc1nc(C2CCCCC2)no1. The zero-order valence-corrected chi connectivity index (χ0v) is 7.55. The van der Waals surface area contributed by atoms with E-state index in [2.05, 4.69) is 10.1 Å². The van der Waals surface area contributed by atoms with Gasteiger partial charge >= 0.3 is 5.35 Å². The second kappa shape index (κ2) is 3.44. The van der Waals surface area contributed by atoms with Gasteiger partial charge in [-0.1, -0.05) is 24.4 Å². The fourth-order valence-corrected chi connectivity index (χ4v) is 1.86. The Hall–Kier alpha value is -0.570. The molecule has 1 aliphatic rings. The molecule has 2 rings (SSSR count). The van der Waals surface area contributed by atoms with E-state index in [0.29, 0.717) is 5.92 Å². The average molecular weight is 187 g/mol. The third-order valence-corrected chi connectivity index (χ3v) is 2.54. The van der Waals surface area contributed by atoms with Gasteiger partial charge in [-0.05, 0) is 24.4 Å². The van der Waals surface area contributed by atoms with Crippen molar-refractivity contribution in [2.45, 2.75) is 38.0 Å². The number of rotatable bonds is 1. The molecule has 1 aromatic rings. The summed E-state index contributed by atoms with van der Waals surface area (Å²) in [5, 5.41) is 3.98. The standard InChI is InChI=1S/C8H11ClN2O/c9-8-10-7(11-12-8)6-4-2-1-3-5-6/h6H,1-5H2. The quantitative estimate of drug-likeness (QED) is 0.677. The summed E-state index contributed by atoms with van der Waals surface area (Å²) in [6.45, 7) is 0. The van der Waals surface area contributed by atoms with Crippen molar-refractivity contribution in [2.75, 3.05) is 0 Å². The van der Waals surface area contributed by atoms with Gasteiger partial charge in [0.2, 0.25) is 0 Å². The van der Waals surface area contributed by atoms with E-state index < -0.39 is 0 Å². The molecule has 0 saturated heterocycles. The minimum absolute atomic E-state index is 0.163. The van der Waals surface area contributed by atoms with E-state index >= 15 is 0 Å². The van der Waals surface area contributed by atoms with Gasteiger partial charge in [0.05, 0.1) is 0 Å². The highest BCUT2D eigenvalue weighted by Gasteiger charge is 2.20. The van der Waals surface area contributed by atoms with Crippen LogP contribution in [0.3, 0.4) is 0 Å². The molecule has 0 spiro atoms. The number of hydrogen-bond acceptors (Lipinski definition) is 3. The van der Waals surface area contributed by atoms with Crippen molar-refractivity contribution in [1.82, 2.24) is 10.1 Å². The van der Waals surface area contributed by atoms with Crippen molar-refractivity contribution in [2.24, 2.45) is 0 Å². The maximum atomic E-state index is 5.54. The maximum Gasteiger partial charge on any atom is 0.320 e. The van der Waals surface area contributed by atoms with Crippen LogP contribution in [0.5, 0.6) is 0 Å². The van der Waals surface area contributed by atoms with E-state index in [9.17, 15) is 0 Å². The van der Waals surface area contributed by atoms with Gasteiger partial charge in [-0.15, -0.1) is 0 Å². The second-order valence-corrected chi connectivity index (χ2v) is 3.56. The Balaban J connectivity index is 2.08. The van der Waals surface area contributed by atoms with Crippen LogP contribution in [0.15, 0.2) is 4.52 Å². The summed E-state index contributed by atoms with van der Waals surface area (Å²) < 4.78 is 4.72. The molecule has 0 atom stereocenters. The van der Waals surface area contributed by atoms with Crippen LogP contribution >= 0.6 is 11.6 Å². The summed E-state index contributed by atoms with van der Waals surface area (Å²) in [6.07, 6.45) is 6.24. The van der Waals surface area contributed by atoms with Gasteiger partial charge < -0.3 is 4.52 Å². The molecule has 3 nitrogen and oxygen atoms in total. The van der Waals surface area contributed by atoms with Crippen LogP contribution in [0, 0.1) is 0 Å². The first-order valence-corrected chi connectivity index (χ1v) is 4.73. The van der Waals surface area contributed by atoms with Gasteiger partial charge in [0, 0.05) is 5.92 Å². The first-order valence-electron chi connectivity index (χ1n) is 4.35. The van der Waals surface area contributed by atoms with Gasteiger partial charge in [0.25, 0.3) is 0 Å². The van der Waals surface area contributed by atoms with E-state index in [1.807, 2.05) is 0 Å². The minimum Gasteiger partial charge on any atom is -0.321 e. The van der Waals surface area contributed by atoms with Crippen LogP contribution in [0.1, 0.15) is 43.8 Å². The van der Waals surface area contributed by atoms with E-state index in [0.717, 1.165) is 5.82 Å². The third kappa shape index (κ3) is 1.61. The smallest absolute Gasteiger partial charge is 0.320 e. The lowest BCUT2D eigenvalue weighted by Crippen LogP contribution is -2.05. The molecule has 12 heavy (non-hydrogen) atoms. The third-order valence-electron chi connectivity index (χ3n) is 2.39. The normalized spacial score (nSPS) is 19.8. The van der Waals surface area contributed by atoms with Gasteiger partial charge in [0.15, 0.2) is 5.82 Å². The molecule has 0 aromatic carbocycles. The number of nitrogens with zero attached hydrogens (tertiary/aromatic N) is 2. The lowest BCUT2D eigenvalue weighted by Gasteiger charge is -2.17. The van der Waals surface area contributed by atoms with E-state index in [1.165, 1.54) is 32.1 Å². The minimum atomic E-state index is 0.163. The summed E-state index contributed by atoms with van der Waals surface area (Å²) in [5.41, 5.74) is 0. The van der Waals surface area contributed by atoms with Crippen LogP contribution in [0.25, 0.3) is 0 Å². The highest BCUT2D eigenvalue weighted by molar-refractivity contribution is 6.27. The molecular formula is C8H11ClN2O. The number of halogens is 1. The second-order valence-electron chi connectivity index (χ2n) is 3.24. The monoisotopic (exact) mass is 186 g/mol. The van der Waals surface area contributed by atoms with Gasteiger partial charge in [0.1, 0.15) is 0 Å². The Morgan fingerprint density at radius 3 is 2.58 bits per heavy atom. The average Bonchev–Trinajstić information content (AvgIpc) is 2.54. The van der Waals surface area contributed by atoms with Crippen molar-refractivity contribution in [3.63, 3.8) is 0 Å². The molecule has 4 heteroatoms. The highest BCUT2D eigenvalue weighted by Crippen LogP contribution is 2.31. The molecule has 0 amide bonds. The fraction of sp³-hybridized carbons (Fsp3) is 0.750. The van der Waals surface area contributed by atoms with Crippen molar-refractivity contribution in [1.29, 1.82) is 0 Å². The zero-order valence-electron chi connectivity index (χ0n) is 6.79. The molecule has 0 radical (unpaired) electrons. The van der Waals surface area contributed by atoms with Crippen molar-refractivity contribution in [3.05, 3.63) is 11.2 Å². The van der Waals surface area contributed by atoms with Crippen molar-refractivity contribution >= 4 is 11.6 Å². The van der Waals surface area contributed by atoms with Crippen LogP contribution < -0.4 is 0 Å². The topological polar surface area (TPSA) is 38.9 Å². The Morgan fingerprint density at radius 1 is 1.25 bits per heavy atom. The maximum absolute atomic E-state index is 5.54. The molecular weight excluding hydrogens is 176 g/mol. The molecule has 0 N–H and O–H groups in total. The number of hydrogen-bond donors (Lipinski definition) is 0. The summed E-state index contributed by atoms with van der Waals surface area (Å²) in [4.78, 5) is 4.02. The molecule has 1 heterocycles. The largest absolute Gasteiger partial charge is 0.321 e. The lowest BCUT2D eigenvalue weighted by atomic mass is 9.89. The van der Waals surface area contributed by atoms with Crippen LogP contribution in [0.2, 0.25) is 5.35 Å². The highest BCUT2D eigenvalue weighted by atomic mass is 35.5. The lowest BCUT2D eigenvalue weighted by molar-refractivity contribution is 0.380. The first kappa shape index (κ1) is 8.05. The molecule has 0 aliphatic heterocycles. The molecule has 1 aliphatic carbocycles. The van der Waals surface area contributed by atoms with E-state index in [1.54, 1.807) is 0 Å². The number of aromatic nitrogens is 2. The van der Waals surface area contributed by atoms with Crippen LogP contribution in [-0.2, 0) is 0 Å². The van der Waals surface area contributed by atoms with E-state index in [4.69, 9.17) is 16.1 Å². The first-order chi connectivity index (χ1) is 5.86. The summed E-state index contributed by atoms with van der Waals surface area (Å²) in [7, 11) is 0. The Labute approximate surface area is 76.1 Å². The van der Waals surface area contributed by atoms with Crippen LogP contribution in [-0.4, -0.2) is 10.1 Å².